The molecule has 8 heteroatoms. The summed E-state index contributed by atoms with van der Waals surface area (Å²) >= 11 is 0. The molecule has 1 unspecified atom stereocenters. The summed E-state index contributed by atoms with van der Waals surface area (Å²) in [5, 5.41) is 0. The van der Waals surface area contributed by atoms with Crippen LogP contribution < -0.4 is 20.1 Å². The largest absolute Gasteiger partial charge is 0.467 e. The number of piperidine rings is 1. The maximum absolute atomic E-state index is 11.3. The Hall–Kier alpha value is -2.12. The number of aromatic nitrogens is 3. The minimum absolute atomic E-state index is 0.178. The van der Waals surface area contributed by atoms with Gasteiger partial charge in [-0.1, -0.05) is 0 Å². The number of carbonyl (C=O) groups is 1. The topological polar surface area (TPSA) is 103 Å². The maximum atomic E-state index is 11.3. The van der Waals surface area contributed by atoms with Gasteiger partial charge in [-0.3, -0.25) is 4.79 Å². The molecule has 0 bridgehead atoms. The fourth-order valence-electron chi connectivity index (χ4n) is 2.04. The van der Waals surface area contributed by atoms with Gasteiger partial charge in [0.15, 0.2) is 0 Å². The number of ether oxygens (including phenoxy) is 2. The molecule has 8 nitrogen and oxygen atoms in total. The molecule has 1 aliphatic heterocycles. The van der Waals surface area contributed by atoms with Crippen LogP contribution in [0.4, 0.5) is 5.95 Å². The van der Waals surface area contributed by atoms with Crippen LogP contribution >= 0.6 is 0 Å². The Balaban J connectivity index is 2.22. The molecule has 0 spiro atoms. The van der Waals surface area contributed by atoms with Gasteiger partial charge in [0.05, 0.1) is 20.1 Å². The van der Waals surface area contributed by atoms with E-state index in [-0.39, 0.29) is 23.8 Å². The quantitative estimate of drug-likeness (QED) is 0.790. The second kappa shape index (κ2) is 5.68. The third kappa shape index (κ3) is 3.01. The highest BCUT2D eigenvalue weighted by atomic mass is 16.5. The van der Waals surface area contributed by atoms with E-state index in [0.717, 1.165) is 19.4 Å². The molecular formula is C11H17N5O3. The van der Waals surface area contributed by atoms with Gasteiger partial charge in [0.2, 0.25) is 11.9 Å². The molecular weight excluding hydrogens is 250 g/mol. The second-order valence-electron chi connectivity index (χ2n) is 4.30. The smallest absolute Gasteiger partial charge is 0.324 e. The Bertz CT molecular complexity index is 445. The molecule has 1 fully saturated rings. The van der Waals surface area contributed by atoms with Crippen LogP contribution in [-0.4, -0.2) is 48.2 Å². The van der Waals surface area contributed by atoms with Crippen molar-refractivity contribution < 1.29 is 14.3 Å². The number of amides is 1. The van der Waals surface area contributed by atoms with Gasteiger partial charge >= 0.3 is 12.0 Å². The highest BCUT2D eigenvalue weighted by molar-refractivity contribution is 5.77. The average molecular weight is 267 g/mol. The zero-order valence-corrected chi connectivity index (χ0v) is 11.0. The molecule has 1 amide bonds. The standard InChI is InChI=1S/C11H17N5O3/c1-18-10-13-9(14-11(15-10)19-2)16-5-3-4-7(6-16)8(12)17/h7H,3-6H2,1-2H3,(H2,12,17). The lowest BCUT2D eigenvalue weighted by atomic mass is 9.98. The zero-order valence-electron chi connectivity index (χ0n) is 11.0. The van der Waals surface area contributed by atoms with E-state index in [0.29, 0.717) is 12.5 Å². The van der Waals surface area contributed by atoms with Crippen molar-refractivity contribution in [3.63, 3.8) is 0 Å². The van der Waals surface area contributed by atoms with Crippen LogP contribution in [0, 0.1) is 5.92 Å². The summed E-state index contributed by atoms with van der Waals surface area (Å²) < 4.78 is 10.0. The van der Waals surface area contributed by atoms with E-state index in [1.807, 2.05) is 4.90 Å². The first-order valence-corrected chi connectivity index (χ1v) is 6.02. The average Bonchev–Trinajstić information content (AvgIpc) is 2.46. The molecule has 0 aromatic carbocycles. The SMILES string of the molecule is COc1nc(OC)nc(N2CCCC(C(N)=O)C2)n1. The minimum Gasteiger partial charge on any atom is -0.467 e. The molecule has 1 saturated heterocycles. The van der Waals surface area contributed by atoms with Crippen LogP contribution in [0.15, 0.2) is 0 Å². The van der Waals surface area contributed by atoms with Gasteiger partial charge in [-0.25, -0.2) is 0 Å². The molecule has 104 valence electrons. The van der Waals surface area contributed by atoms with Crippen LogP contribution in [-0.2, 0) is 4.79 Å². The van der Waals surface area contributed by atoms with Crippen LogP contribution in [0.2, 0.25) is 0 Å². The Labute approximate surface area is 110 Å². The third-order valence-corrected chi connectivity index (χ3v) is 3.05. The molecule has 19 heavy (non-hydrogen) atoms. The Morgan fingerprint density at radius 3 is 2.42 bits per heavy atom. The Morgan fingerprint density at radius 1 is 1.26 bits per heavy atom. The van der Waals surface area contributed by atoms with Crippen LogP contribution in [0.25, 0.3) is 0 Å². The summed E-state index contributed by atoms with van der Waals surface area (Å²) in [5.74, 6) is -0.0326. The first kappa shape index (κ1) is 13.3. The van der Waals surface area contributed by atoms with Gasteiger partial charge < -0.3 is 20.1 Å². The van der Waals surface area contributed by atoms with Crippen molar-refractivity contribution in [2.24, 2.45) is 11.7 Å². The van der Waals surface area contributed by atoms with Crippen molar-refractivity contribution in [2.45, 2.75) is 12.8 Å². The lowest BCUT2D eigenvalue weighted by molar-refractivity contribution is -0.122. The molecule has 1 aromatic rings. The summed E-state index contributed by atoms with van der Waals surface area (Å²) in [6, 6.07) is 0.367. The van der Waals surface area contributed by atoms with Crippen molar-refractivity contribution in [3.05, 3.63) is 0 Å². The molecule has 2 N–H and O–H groups in total. The summed E-state index contributed by atoms with van der Waals surface area (Å²) in [7, 11) is 2.95. The highest BCUT2D eigenvalue weighted by Crippen LogP contribution is 2.22. The van der Waals surface area contributed by atoms with E-state index in [2.05, 4.69) is 15.0 Å². The molecule has 0 aliphatic carbocycles. The van der Waals surface area contributed by atoms with Crippen LogP contribution in [0.5, 0.6) is 12.0 Å². The van der Waals surface area contributed by atoms with Crippen molar-refractivity contribution in [1.82, 2.24) is 15.0 Å². The highest BCUT2D eigenvalue weighted by Gasteiger charge is 2.26. The van der Waals surface area contributed by atoms with Crippen LogP contribution in [0.3, 0.4) is 0 Å². The minimum atomic E-state index is -0.294. The van der Waals surface area contributed by atoms with Gasteiger partial charge in [-0.15, -0.1) is 4.98 Å². The van der Waals surface area contributed by atoms with E-state index in [9.17, 15) is 4.79 Å². The molecule has 1 atom stereocenters. The van der Waals surface area contributed by atoms with Gasteiger partial charge in [0.1, 0.15) is 0 Å². The molecule has 1 aliphatic rings. The molecule has 0 radical (unpaired) electrons. The predicted molar refractivity (Wildman–Crippen MR) is 67.1 cm³/mol. The first-order valence-electron chi connectivity index (χ1n) is 6.02. The van der Waals surface area contributed by atoms with Crippen molar-refractivity contribution in [2.75, 3.05) is 32.2 Å². The van der Waals surface area contributed by atoms with E-state index >= 15 is 0 Å². The Morgan fingerprint density at radius 2 is 1.89 bits per heavy atom. The lowest BCUT2D eigenvalue weighted by Crippen LogP contribution is -2.42. The maximum Gasteiger partial charge on any atom is 0.324 e. The fourth-order valence-corrected chi connectivity index (χ4v) is 2.04. The number of hydrogen-bond donors (Lipinski definition) is 1. The fraction of sp³-hybridized carbons (Fsp3) is 0.636. The normalized spacial score (nSPS) is 19.1. The lowest BCUT2D eigenvalue weighted by Gasteiger charge is -2.31. The number of nitrogens with two attached hydrogens (primary N) is 1. The Kier molecular flexibility index (Phi) is 3.98. The number of rotatable bonds is 4. The van der Waals surface area contributed by atoms with Crippen molar-refractivity contribution >= 4 is 11.9 Å². The molecule has 1 aromatic heterocycles. The van der Waals surface area contributed by atoms with E-state index in [1.54, 1.807) is 0 Å². The number of nitrogens with zero attached hydrogens (tertiary/aromatic N) is 4. The predicted octanol–water partition coefficient (Wildman–Crippen LogP) is -0.409. The van der Waals surface area contributed by atoms with Gasteiger partial charge in [-0.05, 0) is 12.8 Å². The van der Waals surface area contributed by atoms with E-state index < -0.39 is 0 Å². The molecule has 2 heterocycles. The van der Waals surface area contributed by atoms with E-state index in [4.69, 9.17) is 15.2 Å². The third-order valence-electron chi connectivity index (χ3n) is 3.05. The van der Waals surface area contributed by atoms with E-state index in [1.165, 1.54) is 14.2 Å². The van der Waals surface area contributed by atoms with Crippen molar-refractivity contribution in [1.29, 1.82) is 0 Å². The number of carbonyl (C=O) groups excluding carboxylic acids is 1. The monoisotopic (exact) mass is 267 g/mol. The second-order valence-corrected chi connectivity index (χ2v) is 4.30. The number of hydrogen-bond acceptors (Lipinski definition) is 7. The number of anilines is 1. The summed E-state index contributed by atoms with van der Waals surface area (Å²) in [6.45, 7) is 1.27. The van der Waals surface area contributed by atoms with Gasteiger partial charge in [-0.2, -0.15) is 9.97 Å². The zero-order chi connectivity index (χ0) is 13.8. The van der Waals surface area contributed by atoms with Crippen LogP contribution in [0.1, 0.15) is 12.8 Å². The number of primary amides is 1. The van der Waals surface area contributed by atoms with Crippen molar-refractivity contribution in [3.8, 4) is 12.0 Å². The summed E-state index contributed by atoms with van der Waals surface area (Å²) in [5.41, 5.74) is 5.35. The van der Waals surface area contributed by atoms with Gasteiger partial charge in [0, 0.05) is 13.1 Å². The number of methoxy groups -OCH3 is 2. The van der Waals surface area contributed by atoms with Gasteiger partial charge in [0.25, 0.3) is 0 Å². The molecule has 0 saturated carbocycles. The summed E-state index contributed by atoms with van der Waals surface area (Å²) in [4.78, 5) is 25.4. The summed E-state index contributed by atoms with van der Waals surface area (Å²) in [6.07, 6.45) is 1.66. The first-order chi connectivity index (χ1) is 9.13. The molecule has 2 rings (SSSR count).